The van der Waals surface area contributed by atoms with Crippen LogP contribution in [0.1, 0.15) is 18.9 Å². The molecule has 2 aliphatic rings. The maximum Gasteiger partial charge on any atom is 0.315 e. The number of amides is 2. The highest BCUT2D eigenvalue weighted by molar-refractivity contribution is 9.10. The van der Waals surface area contributed by atoms with E-state index in [2.05, 4.69) is 37.5 Å². The third-order valence-electron chi connectivity index (χ3n) is 4.80. The minimum Gasteiger partial charge on any atom is -0.378 e. The number of benzene rings is 1. The molecular formula is C17H24BrN3O3. The average Bonchev–Trinajstić information content (AvgIpc) is 3.24. The second-order valence-corrected chi connectivity index (χ2v) is 7.39. The van der Waals surface area contributed by atoms with Gasteiger partial charge in [-0.2, -0.15) is 0 Å². The van der Waals surface area contributed by atoms with Gasteiger partial charge in [-0.3, -0.25) is 0 Å². The Bertz CT molecular complexity index is 607. The van der Waals surface area contributed by atoms with Gasteiger partial charge in [0.2, 0.25) is 0 Å². The van der Waals surface area contributed by atoms with Crippen molar-refractivity contribution in [3.63, 3.8) is 0 Å². The Hall–Kier alpha value is -1.31. The lowest BCUT2D eigenvalue weighted by atomic mass is 10.1. The van der Waals surface area contributed by atoms with Crippen LogP contribution >= 0.6 is 15.9 Å². The van der Waals surface area contributed by atoms with E-state index >= 15 is 0 Å². The molecule has 0 bridgehead atoms. The molecule has 1 aromatic carbocycles. The van der Waals surface area contributed by atoms with Gasteiger partial charge in [-0.05, 0) is 24.6 Å². The first-order valence-electron chi connectivity index (χ1n) is 8.22. The molecule has 1 saturated carbocycles. The SMILES string of the molecule is CO[C@@]1(C)C[C@H]1NC(=O)NCc1ccc(Br)cc1N1CCOCC1. The molecule has 7 heteroatoms. The van der Waals surface area contributed by atoms with Crippen LogP contribution in [0, 0.1) is 0 Å². The second-order valence-electron chi connectivity index (χ2n) is 6.47. The minimum absolute atomic E-state index is 0.0890. The van der Waals surface area contributed by atoms with E-state index in [-0.39, 0.29) is 17.7 Å². The van der Waals surface area contributed by atoms with E-state index in [1.165, 1.54) is 0 Å². The highest BCUT2D eigenvalue weighted by atomic mass is 79.9. The second kappa shape index (κ2) is 7.29. The molecule has 2 atom stereocenters. The predicted molar refractivity (Wildman–Crippen MR) is 96.4 cm³/mol. The van der Waals surface area contributed by atoms with Gasteiger partial charge in [0, 0.05) is 43.3 Å². The molecule has 6 nitrogen and oxygen atoms in total. The Morgan fingerprint density at radius 1 is 1.46 bits per heavy atom. The minimum atomic E-state index is -0.214. The average molecular weight is 398 g/mol. The van der Waals surface area contributed by atoms with Crippen molar-refractivity contribution in [2.24, 2.45) is 0 Å². The van der Waals surface area contributed by atoms with Crippen LogP contribution in [0.5, 0.6) is 0 Å². The Morgan fingerprint density at radius 2 is 2.21 bits per heavy atom. The number of ether oxygens (including phenoxy) is 2. The Kier molecular flexibility index (Phi) is 5.32. The maximum atomic E-state index is 12.1. The van der Waals surface area contributed by atoms with E-state index in [1.54, 1.807) is 7.11 Å². The normalized spacial score (nSPS) is 26.1. The van der Waals surface area contributed by atoms with E-state index in [9.17, 15) is 4.79 Å². The van der Waals surface area contributed by atoms with E-state index in [1.807, 2.05) is 19.1 Å². The number of rotatable bonds is 5. The highest BCUT2D eigenvalue weighted by Crippen LogP contribution is 2.38. The van der Waals surface area contributed by atoms with Crippen LogP contribution in [0.2, 0.25) is 0 Å². The van der Waals surface area contributed by atoms with Crippen LogP contribution in [0.15, 0.2) is 22.7 Å². The molecule has 0 aromatic heterocycles. The van der Waals surface area contributed by atoms with Gasteiger partial charge in [-0.25, -0.2) is 4.79 Å². The lowest BCUT2D eigenvalue weighted by molar-refractivity contribution is 0.0882. The third kappa shape index (κ3) is 4.02. The van der Waals surface area contributed by atoms with Gasteiger partial charge in [0.1, 0.15) is 0 Å². The van der Waals surface area contributed by atoms with Gasteiger partial charge in [0.15, 0.2) is 0 Å². The molecule has 1 aliphatic heterocycles. The Morgan fingerprint density at radius 3 is 2.88 bits per heavy atom. The molecule has 2 fully saturated rings. The number of nitrogens with one attached hydrogen (secondary N) is 2. The van der Waals surface area contributed by atoms with E-state index in [0.29, 0.717) is 6.54 Å². The molecule has 132 valence electrons. The fraction of sp³-hybridized carbons (Fsp3) is 0.588. The summed E-state index contributed by atoms with van der Waals surface area (Å²) >= 11 is 3.53. The van der Waals surface area contributed by atoms with Gasteiger partial charge in [-0.15, -0.1) is 0 Å². The summed E-state index contributed by atoms with van der Waals surface area (Å²) < 4.78 is 11.8. The summed E-state index contributed by atoms with van der Waals surface area (Å²) in [6, 6.07) is 6.08. The smallest absolute Gasteiger partial charge is 0.315 e. The summed E-state index contributed by atoms with van der Waals surface area (Å²) in [5.41, 5.74) is 2.02. The van der Waals surface area contributed by atoms with Gasteiger partial charge < -0.3 is 25.0 Å². The number of anilines is 1. The third-order valence-corrected chi connectivity index (χ3v) is 5.29. The Balaban J connectivity index is 1.59. The molecule has 24 heavy (non-hydrogen) atoms. The number of methoxy groups -OCH3 is 1. The maximum absolute atomic E-state index is 12.1. The van der Waals surface area contributed by atoms with E-state index in [0.717, 1.165) is 48.4 Å². The topological polar surface area (TPSA) is 62.8 Å². The van der Waals surface area contributed by atoms with Crippen LogP contribution in [0.4, 0.5) is 10.5 Å². The standard InChI is InChI=1S/C17H24BrN3O3/c1-17(23-2)10-15(17)20-16(22)19-11-12-3-4-13(18)9-14(12)21-5-7-24-8-6-21/h3-4,9,15H,5-8,10-11H2,1-2H3,(H2,19,20,22)/t15-,17+/m1/s1. The number of carbonyl (C=O) groups excluding carboxylic acids is 1. The number of halogens is 1. The predicted octanol–water partition coefficient (Wildman–Crippen LogP) is 2.26. The molecule has 3 rings (SSSR count). The molecule has 2 N–H and O–H groups in total. The molecule has 0 spiro atoms. The van der Waals surface area contributed by atoms with Gasteiger partial charge in [-0.1, -0.05) is 22.0 Å². The van der Waals surface area contributed by atoms with Crippen LogP contribution < -0.4 is 15.5 Å². The summed E-state index contributed by atoms with van der Waals surface area (Å²) in [4.78, 5) is 14.4. The molecule has 1 saturated heterocycles. The fourth-order valence-electron chi connectivity index (χ4n) is 2.95. The number of hydrogen-bond donors (Lipinski definition) is 2. The lowest BCUT2D eigenvalue weighted by Crippen LogP contribution is -2.40. The van der Waals surface area contributed by atoms with Crippen molar-refractivity contribution in [2.45, 2.75) is 31.5 Å². The first-order chi connectivity index (χ1) is 11.5. The molecule has 0 unspecified atom stereocenters. The van der Waals surface area contributed by atoms with Crippen molar-refractivity contribution >= 4 is 27.6 Å². The number of morpholine rings is 1. The van der Waals surface area contributed by atoms with Crippen molar-refractivity contribution in [3.05, 3.63) is 28.2 Å². The molecule has 1 heterocycles. The fourth-order valence-corrected chi connectivity index (χ4v) is 3.29. The largest absolute Gasteiger partial charge is 0.378 e. The Labute approximate surface area is 151 Å². The molecular weight excluding hydrogens is 374 g/mol. The van der Waals surface area contributed by atoms with Gasteiger partial charge in [0.05, 0.1) is 24.9 Å². The first kappa shape index (κ1) is 17.5. The zero-order chi connectivity index (χ0) is 17.2. The van der Waals surface area contributed by atoms with Crippen molar-refractivity contribution in [1.82, 2.24) is 10.6 Å². The zero-order valence-corrected chi connectivity index (χ0v) is 15.7. The quantitative estimate of drug-likeness (QED) is 0.799. The summed E-state index contributed by atoms with van der Waals surface area (Å²) in [6.45, 7) is 5.69. The number of nitrogens with zero attached hydrogens (tertiary/aromatic N) is 1. The van der Waals surface area contributed by atoms with E-state index in [4.69, 9.17) is 9.47 Å². The van der Waals surface area contributed by atoms with Gasteiger partial charge in [0.25, 0.3) is 0 Å². The van der Waals surface area contributed by atoms with Crippen LogP contribution in [-0.2, 0) is 16.0 Å². The van der Waals surface area contributed by atoms with Crippen molar-refractivity contribution in [1.29, 1.82) is 0 Å². The molecule has 1 aromatic rings. The molecule has 2 amide bonds. The monoisotopic (exact) mass is 397 g/mol. The van der Waals surface area contributed by atoms with Gasteiger partial charge >= 0.3 is 6.03 Å². The number of hydrogen-bond acceptors (Lipinski definition) is 4. The zero-order valence-electron chi connectivity index (χ0n) is 14.1. The number of carbonyl (C=O) groups is 1. The summed E-state index contributed by atoms with van der Waals surface area (Å²) in [7, 11) is 1.68. The number of urea groups is 1. The first-order valence-corrected chi connectivity index (χ1v) is 9.02. The van der Waals surface area contributed by atoms with Crippen molar-refractivity contribution in [2.75, 3.05) is 38.3 Å². The van der Waals surface area contributed by atoms with E-state index < -0.39 is 0 Å². The summed E-state index contributed by atoms with van der Waals surface area (Å²) in [5.74, 6) is 0. The van der Waals surface area contributed by atoms with Crippen LogP contribution in [-0.4, -0.2) is 51.1 Å². The summed E-state index contributed by atoms with van der Waals surface area (Å²) in [6.07, 6.45) is 0.855. The van der Waals surface area contributed by atoms with Crippen LogP contribution in [0.25, 0.3) is 0 Å². The molecule has 0 radical (unpaired) electrons. The van der Waals surface area contributed by atoms with Crippen molar-refractivity contribution in [3.8, 4) is 0 Å². The summed E-state index contributed by atoms with van der Waals surface area (Å²) in [5, 5.41) is 5.91. The highest BCUT2D eigenvalue weighted by Gasteiger charge is 2.51. The van der Waals surface area contributed by atoms with Crippen molar-refractivity contribution < 1.29 is 14.3 Å². The van der Waals surface area contributed by atoms with Crippen LogP contribution in [0.3, 0.4) is 0 Å². The lowest BCUT2D eigenvalue weighted by Gasteiger charge is -2.31. The molecule has 1 aliphatic carbocycles.